The van der Waals surface area contributed by atoms with E-state index < -0.39 is 6.04 Å². The Bertz CT molecular complexity index is 278. The van der Waals surface area contributed by atoms with Gasteiger partial charge in [0.15, 0.2) is 0 Å². The molecule has 1 aromatic rings. The van der Waals surface area contributed by atoms with Crippen molar-refractivity contribution in [2.24, 2.45) is 5.73 Å². The van der Waals surface area contributed by atoms with E-state index in [1.807, 2.05) is 0 Å². The van der Waals surface area contributed by atoms with Gasteiger partial charge in [0.2, 0.25) is 0 Å². The van der Waals surface area contributed by atoms with E-state index in [-0.39, 0.29) is 12.4 Å². The Morgan fingerprint density at radius 3 is 2.75 bits per heavy atom. The number of halogens is 1. The Morgan fingerprint density at radius 1 is 1.50 bits per heavy atom. The molecule has 12 heavy (non-hydrogen) atoms. The Balaban J connectivity index is 3.04. The van der Waals surface area contributed by atoms with Gasteiger partial charge in [-0.15, -0.1) is 0 Å². The van der Waals surface area contributed by atoms with Crippen molar-refractivity contribution in [3.8, 4) is 5.75 Å². The molecule has 0 bridgehead atoms. The highest BCUT2D eigenvalue weighted by molar-refractivity contribution is 9.10. The molecule has 0 spiro atoms. The molecule has 0 amide bonds. The second-order valence-electron chi connectivity index (χ2n) is 2.49. The predicted octanol–water partition coefficient (Wildman–Crippen LogP) is 1.15. The van der Waals surface area contributed by atoms with E-state index in [0.29, 0.717) is 5.56 Å². The summed E-state index contributed by atoms with van der Waals surface area (Å²) in [4.78, 5) is 0. The van der Waals surface area contributed by atoms with Crippen LogP contribution in [0.25, 0.3) is 0 Å². The van der Waals surface area contributed by atoms with Crippen LogP contribution in [0, 0.1) is 0 Å². The molecule has 0 aliphatic rings. The van der Waals surface area contributed by atoms with E-state index in [0.717, 1.165) is 4.47 Å². The summed E-state index contributed by atoms with van der Waals surface area (Å²) in [6, 6.07) is 4.41. The average Bonchev–Trinajstić information content (AvgIpc) is 2.08. The van der Waals surface area contributed by atoms with Crippen molar-refractivity contribution >= 4 is 15.9 Å². The molecule has 0 aliphatic heterocycles. The molecule has 0 unspecified atom stereocenters. The average molecular weight is 232 g/mol. The van der Waals surface area contributed by atoms with Crippen LogP contribution in [0.5, 0.6) is 5.75 Å². The van der Waals surface area contributed by atoms with Gasteiger partial charge in [0.25, 0.3) is 0 Å². The fourth-order valence-corrected chi connectivity index (χ4v) is 1.30. The summed E-state index contributed by atoms with van der Waals surface area (Å²) in [6.07, 6.45) is 0. The lowest BCUT2D eigenvalue weighted by Crippen LogP contribution is -2.14. The summed E-state index contributed by atoms with van der Waals surface area (Å²) in [7, 11) is 0. The molecule has 0 saturated carbocycles. The van der Waals surface area contributed by atoms with Gasteiger partial charge in [-0.3, -0.25) is 0 Å². The summed E-state index contributed by atoms with van der Waals surface area (Å²) < 4.78 is 0.833. The predicted molar refractivity (Wildman–Crippen MR) is 49.8 cm³/mol. The Labute approximate surface area is 79.0 Å². The van der Waals surface area contributed by atoms with Gasteiger partial charge in [0, 0.05) is 10.0 Å². The van der Waals surface area contributed by atoms with Crippen molar-refractivity contribution in [3.05, 3.63) is 28.2 Å². The van der Waals surface area contributed by atoms with Crippen LogP contribution in [0.15, 0.2) is 22.7 Å². The number of aliphatic hydroxyl groups is 1. The van der Waals surface area contributed by atoms with Crippen molar-refractivity contribution in [1.82, 2.24) is 0 Å². The normalized spacial score (nSPS) is 12.9. The van der Waals surface area contributed by atoms with Crippen LogP contribution in [0.4, 0.5) is 0 Å². The first kappa shape index (κ1) is 9.51. The third-order valence-corrected chi connectivity index (χ3v) is 2.08. The molecule has 0 saturated heterocycles. The molecule has 3 nitrogen and oxygen atoms in total. The minimum absolute atomic E-state index is 0.111. The molecule has 0 heterocycles. The molecule has 0 fully saturated rings. The number of aromatic hydroxyl groups is 1. The van der Waals surface area contributed by atoms with Gasteiger partial charge in [-0.1, -0.05) is 15.9 Å². The van der Waals surface area contributed by atoms with Crippen LogP contribution in [0.3, 0.4) is 0 Å². The summed E-state index contributed by atoms with van der Waals surface area (Å²) in [6.45, 7) is -0.177. The third kappa shape index (κ3) is 1.97. The first-order valence-corrected chi connectivity index (χ1v) is 4.29. The highest BCUT2D eigenvalue weighted by Crippen LogP contribution is 2.25. The Hall–Kier alpha value is -0.580. The van der Waals surface area contributed by atoms with Crippen molar-refractivity contribution in [2.75, 3.05) is 6.61 Å². The van der Waals surface area contributed by atoms with Crippen LogP contribution in [0.2, 0.25) is 0 Å². The number of rotatable bonds is 2. The maximum Gasteiger partial charge on any atom is 0.120 e. The lowest BCUT2D eigenvalue weighted by atomic mass is 10.1. The number of nitrogens with two attached hydrogens (primary N) is 1. The molecule has 1 rings (SSSR count). The fraction of sp³-hybridized carbons (Fsp3) is 0.250. The minimum atomic E-state index is -0.525. The number of phenolic OH excluding ortho intramolecular Hbond substituents is 1. The zero-order valence-electron chi connectivity index (χ0n) is 6.37. The van der Waals surface area contributed by atoms with Crippen molar-refractivity contribution in [2.45, 2.75) is 6.04 Å². The second kappa shape index (κ2) is 3.89. The summed E-state index contributed by atoms with van der Waals surface area (Å²) >= 11 is 3.25. The maximum absolute atomic E-state index is 9.32. The zero-order valence-corrected chi connectivity index (χ0v) is 7.95. The molecule has 1 aromatic carbocycles. The summed E-state index contributed by atoms with van der Waals surface area (Å²) in [5, 5.41) is 18.1. The van der Waals surface area contributed by atoms with Gasteiger partial charge >= 0.3 is 0 Å². The van der Waals surface area contributed by atoms with Gasteiger partial charge in [-0.05, 0) is 18.2 Å². The van der Waals surface area contributed by atoms with Crippen LogP contribution in [-0.2, 0) is 0 Å². The Kier molecular flexibility index (Phi) is 3.08. The van der Waals surface area contributed by atoms with Crippen LogP contribution < -0.4 is 5.73 Å². The molecule has 1 atom stereocenters. The van der Waals surface area contributed by atoms with Crippen molar-refractivity contribution < 1.29 is 10.2 Å². The van der Waals surface area contributed by atoms with E-state index in [4.69, 9.17) is 10.8 Å². The topological polar surface area (TPSA) is 66.5 Å². The van der Waals surface area contributed by atoms with E-state index in [1.54, 1.807) is 12.1 Å². The van der Waals surface area contributed by atoms with E-state index >= 15 is 0 Å². The molecule has 66 valence electrons. The van der Waals surface area contributed by atoms with Gasteiger partial charge in [0.1, 0.15) is 5.75 Å². The van der Waals surface area contributed by atoms with Crippen molar-refractivity contribution in [1.29, 1.82) is 0 Å². The van der Waals surface area contributed by atoms with Crippen LogP contribution in [0.1, 0.15) is 11.6 Å². The number of benzene rings is 1. The molecule has 4 heteroatoms. The minimum Gasteiger partial charge on any atom is -0.508 e. The second-order valence-corrected chi connectivity index (χ2v) is 3.41. The van der Waals surface area contributed by atoms with Crippen LogP contribution in [-0.4, -0.2) is 16.8 Å². The number of hydrogen-bond acceptors (Lipinski definition) is 3. The zero-order chi connectivity index (χ0) is 9.14. The molecule has 0 radical (unpaired) electrons. The molecular weight excluding hydrogens is 222 g/mol. The first-order chi connectivity index (χ1) is 5.65. The monoisotopic (exact) mass is 231 g/mol. The smallest absolute Gasteiger partial charge is 0.120 e. The standard InChI is InChI=1S/C8H10BrNO2/c9-5-1-2-8(12)6(3-5)7(10)4-11/h1-3,7,11-12H,4,10H2/t7-/m1/s1. The number of hydrogen-bond donors (Lipinski definition) is 3. The third-order valence-electron chi connectivity index (χ3n) is 1.59. The first-order valence-electron chi connectivity index (χ1n) is 3.50. The van der Waals surface area contributed by atoms with Gasteiger partial charge in [0.05, 0.1) is 12.6 Å². The summed E-state index contributed by atoms with van der Waals surface area (Å²) in [5.74, 6) is 0.111. The quantitative estimate of drug-likeness (QED) is 0.716. The van der Waals surface area contributed by atoms with E-state index in [1.165, 1.54) is 6.07 Å². The van der Waals surface area contributed by atoms with Gasteiger partial charge in [-0.2, -0.15) is 0 Å². The lowest BCUT2D eigenvalue weighted by Gasteiger charge is -2.10. The molecular formula is C8H10BrNO2. The molecule has 4 N–H and O–H groups in total. The maximum atomic E-state index is 9.32. The summed E-state index contributed by atoms with van der Waals surface area (Å²) in [5.41, 5.74) is 6.08. The molecule has 0 aromatic heterocycles. The largest absolute Gasteiger partial charge is 0.508 e. The number of aliphatic hydroxyl groups excluding tert-OH is 1. The lowest BCUT2D eigenvalue weighted by molar-refractivity contribution is 0.265. The van der Waals surface area contributed by atoms with Gasteiger partial charge in [-0.25, -0.2) is 0 Å². The van der Waals surface area contributed by atoms with E-state index in [9.17, 15) is 5.11 Å². The highest BCUT2D eigenvalue weighted by Gasteiger charge is 2.09. The highest BCUT2D eigenvalue weighted by atomic mass is 79.9. The van der Waals surface area contributed by atoms with Gasteiger partial charge < -0.3 is 15.9 Å². The molecule has 0 aliphatic carbocycles. The van der Waals surface area contributed by atoms with Crippen molar-refractivity contribution in [3.63, 3.8) is 0 Å². The Morgan fingerprint density at radius 2 is 2.17 bits per heavy atom. The van der Waals surface area contributed by atoms with E-state index in [2.05, 4.69) is 15.9 Å². The van der Waals surface area contributed by atoms with Crippen LogP contribution >= 0.6 is 15.9 Å². The number of phenols is 1. The fourth-order valence-electron chi connectivity index (χ4n) is 0.921. The SMILES string of the molecule is N[C@H](CO)c1cc(Br)ccc1O.